The first-order chi connectivity index (χ1) is 16.0. The molecule has 0 aliphatic carbocycles. The number of benzene rings is 1. The van der Waals surface area contributed by atoms with E-state index in [0.717, 1.165) is 35.7 Å². The van der Waals surface area contributed by atoms with Gasteiger partial charge in [0.05, 0.1) is 17.0 Å². The number of amides is 1. The Bertz CT molecular complexity index is 1330. The number of aromatic nitrogens is 2. The monoisotopic (exact) mass is 494 g/mol. The molecule has 4 heterocycles. The average molecular weight is 495 g/mol. The predicted octanol–water partition coefficient (Wildman–Crippen LogP) is 3.96. The number of nitrogens with zero attached hydrogens (tertiary/aromatic N) is 4. The van der Waals surface area contributed by atoms with Gasteiger partial charge in [0.25, 0.3) is 11.5 Å². The maximum absolute atomic E-state index is 13.5. The second-order valence-corrected chi connectivity index (χ2v) is 10.8. The predicted molar refractivity (Wildman–Crippen MR) is 141 cm³/mol. The third-order valence-corrected chi connectivity index (χ3v) is 7.99. The molecule has 9 heteroatoms. The summed E-state index contributed by atoms with van der Waals surface area (Å²) in [5, 5.41) is 0. The first-order valence-electron chi connectivity index (χ1n) is 10.7. The highest BCUT2D eigenvalue weighted by Crippen LogP contribution is 2.34. The number of thiocarbonyl (C=S) groups is 1. The fourth-order valence-electron chi connectivity index (χ4n) is 3.88. The van der Waals surface area contributed by atoms with Gasteiger partial charge in [-0.3, -0.25) is 18.9 Å². The van der Waals surface area contributed by atoms with Crippen molar-refractivity contribution < 1.29 is 4.79 Å². The summed E-state index contributed by atoms with van der Waals surface area (Å²) >= 11 is 8.65. The van der Waals surface area contributed by atoms with E-state index in [-0.39, 0.29) is 11.5 Å². The van der Waals surface area contributed by atoms with Crippen LogP contribution in [0.3, 0.4) is 0 Å². The average Bonchev–Trinajstić information content (AvgIpc) is 3.10. The molecule has 33 heavy (non-hydrogen) atoms. The molecule has 168 valence electrons. The molecule has 0 unspecified atom stereocenters. The number of carbonyl (C=O) groups is 1. The van der Waals surface area contributed by atoms with Gasteiger partial charge >= 0.3 is 0 Å². The summed E-state index contributed by atoms with van der Waals surface area (Å²) in [5.41, 5.74) is 3.02. The van der Waals surface area contributed by atoms with Crippen molar-refractivity contribution in [3.05, 3.63) is 80.6 Å². The van der Waals surface area contributed by atoms with Gasteiger partial charge in [-0.2, -0.15) is 11.8 Å². The molecule has 1 amide bonds. The first kappa shape index (κ1) is 22.2. The molecule has 3 aromatic rings. The zero-order valence-electron chi connectivity index (χ0n) is 18.1. The number of carbonyl (C=O) groups excluding carboxylic acids is 1. The Morgan fingerprint density at radius 1 is 1.09 bits per heavy atom. The topological polar surface area (TPSA) is 57.9 Å². The zero-order chi connectivity index (χ0) is 22.9. The van der Waals surface area contributed by atoms with Crippen molar-refractivity contribution in [2.75, 3.05) is 29.5 Å². The molecule has 2 aromatic heterocycles. The second-order valence-electron chi connectivity index (χ2n) is 7.94. The summed E-state index contributed by atoms with van der Waals surface area (Å²) < 4.78 is 2.03. The van der Waals surface area contributed by atoms with Crippen molar-refractivity contribution in [1.29, 1.82) is 0 Å². The van der Waals surface area contributed by atoms with Crippen LogP contribution in [0.1, 0.15) is 16.7 Å². The van der Waals surface area contributed by atoms with E-state index < -0.39 is 0 Å². The molecule has 5 rings (SSSR count). The number of aryl methyl sites for hydroxylation is 1. The van der Waals surface area contributed by atoms with Crippen LogP contribution in [0.2, 0.25) is 0 Å². The van der Waals surface area contributed by atoms with Crippen molar-refractivity contribution in [1.82, 2.24) is 14.3 Å². The van der Waals surface area contributed by atoms with Crippen LogP contribution in [0.4, 0.5) is 5.82 Å². The van der Waals surface area contributed by atoms with E-state index in [1.807, 2.05) is 55.1 Å². The SMILES string of the molecule is Cc1ccc(CN2C(=O)/C(=C\c3c(N4CCSCC4)nc4ccccn4c3=O)SC2=S)cc1. The molecule has 2 aliphatic heterocycles. The molecule has 2 aliphatic rings. The van der Waals surface area contributed by atoms with Gasteiger partial charge in [0.2, 0.25) is 0 Å². The van der Waals surface area contributed by atoms with Gasteiger partial charge in [-0.15, -0.1) is 0 Å². The van der Waals surface area contributed by atoms with Crippen LogP contribution >= 0.6 is 35.7 Å². The summed E-state index contributed by atoms with van der Waals surface area (Å²) in [7, 11) is 0. The molecule has 2 fully saturated rings. The summed E-state index contributed by atoms with van der Waals surface area (Å²) in [4.78, 5) is 35.7. The number of pyridine rings is 1. The highest BCUT2D eigenvalue weighted by Gasteiger charge is 2.33. The minimum atomic E-state index is -0.183. The van der Waals surface area contributed by atoms with Gasteiger partial charge in [-0.1, -0.05) is 59.9 Å². The van der Waals surface area contributed by atoms with Crippen molar-refractivity contribution in [2.24, 2.45) is 0 Å². The van der Waals surface area contributed by atoms with E-state index in [4.69, 9.17) is 17.2 Å². The molecule has 2 saturated heterocycles. The number of hydrogen-bond donors (Lipinski definition) is 0. The molecule has 0 spiro atoms. The van der Waals surface area contributed by atoms with E-state index in [1.165, 1.54) is 16.2 Å². The third-order valence-electron chi connectivity index (χ3n) is 5.67. The fraction of sp³-hybridized carbons (Fsp3) is 0.250. The first-order valence-corrected chi connectivity index (χ1v) is 13.0. The Morgan fingerprint density at radius 3 is 2.61 bits per heavy atom. The molecule has 0 atom stereocenters. The Balaban J connectivity index is 1.54. The number of thioether (sulfide) groups is 2. The Hall–Kier alpha value is -2.62. The maximum atomic E-state index is 13.5. The van der Waals surface area contributed by atoms with Crippen LogP contribution in [0, 0.1) is 6.92 Å². The van der Waals surface area contributed by atoms with Crippen LogP contribution < -0.4 is 10.5 Å². The molecule has 0 bridgehead atoms. The van der Waals surface area contributed by atoms with E-state index in [0.29, 0.717) is 32.8 Å². The number of anilines is 1. The highest BCUT2D eigenvalue weighted by atomic mass is 32.2. The number of hydrogen-bond acceptors (Lipinski definition) is 7. The molecular formula is C24H22N4O2S3. The van der Waals surface area contributed by atoms with Crippen LogP contribution in [-0.4, -0.2) is 49.1 Å². The Morgan fingerprint density at radius 2 is 1.85 bits per heavy atom. The van der Waals surface area contributed by atoms with Gasteiger partial charge in [-0.05, 0) is 30.7 Å². The van der Waals surface area contributed by atoms with Crippen molar-refractivity contribution in [2.45, 2.75) is 13.5 Å². The van der Waals surface area contributed by atoms with E-state index in [1.54, 1.807) is 23.2 Å². The van der Waals surface area contributed by atoms with Crippen LogP contribution in [-0.2, 0) is 11.3 Å². The fourth-order valence-corrected chi connectivity index (χ4v) is 6.02. The molecule has 0 saturated carbocycles. The largest absolute Gasteiger partial charge is 0.354 e. The lowest BCUT2D eigenvalue weighted by Gasteiger charge is -2.28. The Labute approximate surface area is 205 Å². The molecular weight excluding hydrogens is 472 g/mol. The quantitative estimate of drug-likeness (QED) is 0.402. The Kier molecular flexibility index (Phi) is 6.27. The molecule has 6 nitrogen and oxygen atoms in total. The number of rotatable bonds is 4. The van der Waals surface area contributed by atoms with E-state index >= 15 is 0 Å². The van der Waals surface area contributed by atoms with Gasteiger partial charge in [0.15, 0.2) is 0 Å². The van der Waals surface area contributed by atoms with Crippen LogP contribution in [0.25, 0.3) is 11.7 Å². The van der Waals surface area contributed by atoms with E-state index in [9.17, 15) is 9.59 Å². The minimum absolute atomic E-state index is 0.178. The third kappa shape index (κ3) is 4.45. The van der Waals surface area contributed by atoms with Gasteiger partial charge in [0.1, 0.15) is 15.8 Å². The standard InChI is InChI=1S/C24H22N4O2S3/c1-16-5-7-17(8-6-16)15-28-23(30)19(33-24(28)31)14-18-21(26-10-12-32-13-11-26)25-20-4-2-3-9-27(20)22(18)29/h2-9,14H,10-13,15H2,1H3/b19-14+. The smallest absolute Gasteiger partial charge is 0.267 e. The lowest BCUT2D eigenvalue weighted by atomic mass is 10.1. The molecule has 1 aromatic carbocycles. The minimum Gasteiger partial charge on any atom is -0.354 e. The molecule has 0 radical (unpaired) electrons. The lowest BCUT2D eigenvalue weighted by Crippen LogP contribution is -2.35. The lowest BCUT2D eigenvalue weighted by molar-refractivity contribution is -0.122. The van der Waals surface area contributed by atoms with Crippen molar-refractivity contribution in [3.8, 4) is 0 Å². The van der Waals surface area contributed by atoms with Crippen molar-refractivity contribution >= 4 is 63.5 Å². The van der Waals surface area contributed by atoms with E-state index in [2.05, 4.69) is 4.90 Å². The normalized spacial score (nSPS) is 18.0. The maximum Gasteiger partial charge on any atom is 0.267 e. The molecule has 0 N–H and O–H groups in total. The van der Waals surface area contributed by atoms with Crippen LogP contribution in [0.5, 0.6) is 0 Å². The van der Waals surface area contributed by atoms with Gasteiger partial charge in [0, 0.05) is 30.8 Å². The van der Waals surface area contributed by atoms with Crippen LogP contribution in [0.15, 0.2) is 58.4 Å². The second kappa shape index (κ2) is 9.32. The van der Waals surface area contributed by atoms with Gasteiger partial charge < -0.3 is 4.90 Å². The zero-order valence-corrected chi connectivity index (χ0v) is 20.5. The summed E-state index contributed by atoms with van der Waals surface area (Å²) in [6.07, 6.45) is 3.39. The summed E-state index contributed by atoms with van der Waals surface area (Å²) in [6, 6.07) is 13.6. The summed E-state index contributed by atoms with van der Waals surface area (Å²) in [6.45, 7) is 4.07. The van der Waals surface area contributed by atoms with Gasteiger partial charge in [-0.25, -0.2) is 4.98 Å². The van der Waals surface area contributed by atoms with Crippen molar-refractivity contribution in [3.63, 3.8) is 0 Å². The number of fused-ring (bicyclic) bond motifs is 1. The highest BCUT2D eigenvalue weighted by molar-refractivity contribution is 8.26. The summed E-state index contributed by atoms with van der Waals surface area (Å²) in [5.74, 6) is 2.42.